The van der Waals surface area contributed by atoms with Crippen LogP contribution >= 0.6 is 11.6 Å². The second kappa shape index (κ2) is 7.21. The molecule has 0 bridgehead atoms. The topological polar surface area (TPSA) is 85.1 Å². The molecule has 2 rings (SSSR count). The first kappa shape index (κ1) is 15.5. The molecule has 0 radical (unpaired) electrons. The number of anilines is 3. The average molecular weight is 308 g/mol. The van der Waals surface area contributed by atoms with Crippen LogP contribution in [-0.4, -0.2) is 16.6 Å². The van der Waals surface area contributed by atoms with Gasteiger partial charge in [-0.15, -0.1) is 0 Å². The third kappa shape index (κ3) is 4.29. The Morgan fingerprint density at radius 3 is 2.71 bits per heavy atom. The summed E-state index contributed by atoms with van der Waals surface area (Å²) in [4.78, 5) is 8.61. The Hall–Kier alpha value is -1.89. The number of ether oxygens (including phenoxy) is 1. The van der Waals surface area contributed by atoms with Gasteiger partial charge in [0.05, 0.1) is 10.7 Å². The number of hydrogen-bond donors (Lipinski definition) is 3. The van der Waals surface area contributed by atoms with E-state index in [1.165, 1.54) is 0 Å². The van der Waals surface area contributed by atoms with Crippen LogP contribution in [0.25, 0.3) is 0 Å². The molecular weight excluding hydrogens is 290 g/mol. The highest BCUT2D eigenvalue weighted by atomic mass is 35.5. The summed E-state index contributed by atoms with van der Waals surface area (Å²) >= 11 is 6.17. The molecule has 6 nitrogen and oxygen atoms in total. The molecule has 0 atom stereocenters. The van der Waals surface area contributed by atoms with Gasteiger partial charge in [0.2, 0.25) is 0 Å². The van der Waals surface area contributed by atoms with Crippen LogP contribution < -0.4 is 16.6 Å². The van der Waals surface area contributed by atoms with Gasteiger partial charge in [-0.1, -0.05) is 17.7 Å². The number of hydrogen-bond acceptors (Lipinski definition) is 6. The van der Waals surface area contributed by atoms with Crippen LogP contribution in [0.4, 0.5) is 17.3 Å². The molecule has 0 saturated heterocycles. The first-order valence-electron chi connectivity index (χ1n) is 6.58. The Morgan fingerprint density at radius 1 is 1.24 bits per heavy atom. The van der Waals surface area contributed by atoms with Crippen LogP contribution in [0.1, 0.15) is 18.3 Å². The van der Waals surface area contributed by atoms with Gasteiger partial charge in [-0.25, -0.2) is 15.8 Å². The third-order valence-electron chi connectivity index (χ3n) is 2.74. The lowest BCUT2D eigenvalue weighted by molar-refractivity contribution is 0.128. The van der Waals surface area contributed by atoms with Gasteiger partial charge in [-0.3, -0.25) is 0 Å². The Labute approximate surface area is 128 Å². The van der Waals surface area contributed by atoms with E-state index in [0.717, 1.165) is 11.3 Å². The van der Waals surface area contributed by atoms with E-state index in [-0.39, 0.29) is 0 Å². The maximum atomic E-state index is 6.17. The molecule has 2 aromatic rings. The number of aromatic nitrogens is 2. The maximum Gasteiger partial charge on any atom is 0.158 e. The summed E-state index contributed by atoms with van der Waals surface area (Å²) in [6.45, 7) is 4.82. The van der Waals surface area contributed by atoms with Gasteiger partial charge in [0.25, 0.3) is 0 Å². The molecule has 1 aromatic carbocycles. The second-order valence-corrected chi connectivity index (χ2v) is 4.85. The summed E-state index contributed by atoms with van der Waals surface area (Å²) in [6, 6.07) is 7.43. The molecular formula is C14H18ClN5O. The van der Waals surface area contributed by atoms with E-state index in [1.54, 1.807) is 6.07 Å². The third-order valence-corrected chi connectivity index (χ3v) is 3.07. The summed E-state index contributed by atoms with van der Waals surface area (Å²) < 4.78 is 5.32. The molecule has 0 amide bonds. The van der Waals surface area contributed by atoms with Crippen LogP contribution in [0.15, 0.2) is 24.3 Å². The number of aryl methyl sites for hydroxylation is 1. The van der Waals surface area contributed by atoms with Gasteiger partial charge in [-0.2, -0.15) is 0 Å². The zero-order valence-corrected chi connectivity index (χ0v) is 12.7. The van der Waals surface area contributed by atoms with Crippen molar-refractivity contribution in [1.82, 2.24) is 9.97 Å². The summed E-state index contributed by atoms with van der Waals surface area (Å²) in [5.41, 5.74) is 4.39. The number of nitrogen functional groups attached to an aromatic ring is 1. The normalized spacial score (nSPS) is 10.5. The maximum absolute atomic E-state index is 6.17. The molecule has 112 valence electrons. The monoisotopic (exact) mass is 307 g/mol. The summed E-state index contributed by atoms with van der Waals surface area (Å²) in [6.07, 6.45) is 0. The highest BCUT2D eigenvalue weighted by molar-refractivity contribution is 6.33. The van der Waals surface area contributed by atoms with Crippen LogP contribution in [0, 0.1) is 6.92 Å². The lowest BCUT2D eigenvalue weighted by Crippen LogP contribution is -2.12. The van der Waals surface area contributed by atoms with Gasteiger partial charge in [0, 0.05) is 12.7 Å². The summed E-state index contributed by atoms with van der Waals surface area (Å²) in [7, 11) is 0. The van der Waals surface area contributed by atoms with E-state index in [4.69, 9.17) is 22.2 Å². The lowest BCUT2D eigenvalue weighted by Gasteiger charge is -2.11. The zero-order chi connectivity index (χ0) is 15.2. The Bertz CT molecular complexity index is 620. The lowest BCUT2D eigenvalue weighted by atomic mass is 10.2. The predicted octanol–water partition coefficient (Wildman–Crippen LogP) is 3.00. The zero-order valence-electron chi connectivity index (χ0n) is 12.0. The van der Waals surface area contributed by atoms with Gasteiger partial charge in [0.1, 0.15) is 18.2 Å². The first-order valence-corrected chi connectivity index (χ1v) is 6.95. The summed E-state index contributed by atoms with van der Waals surface area (Å²) in [5, 5.41) is 3.79. The average Bonchev–Trinajstić information content (AvgIpc) is 2.48. The molecule has 1 aromatic heterocycles. The quantitative estimate of drug-likeness (QED) is 0.562. The smallest absolute Gasteiger partial charge is 0.158 e. The Morgan fingerprint density at radius 2 is 2.00 bits per heavy atom. The highest BCUT2D eigenvalue weighted by Crippen LogP contribution is 2.26. The Balaban J connectivity index is 2.27. The fourth-order valence-corrected chi connectivity index (χ4v) is 1.93. The minimum atomic E-state index is 0.322. The Kier molecular flexibility index (Phi) is 5.32. The van der Waals surface area contributed by atoms with Gasteiger partial charge >= 0.3 is 0 Å². The molecule has 0 saturated carbocycles. The van der Waals surface area contributed by atoms with Gasteiger partial charge in [-0.05, 0) is 31.5 Å². The summed E-state index contributed by atoms with van der Waals surface area (Å²) in [5.74, 6) is 7.07. The fraction of sp³-hybridized carbons (Fsp3) is 0.286. The molecule has 0 aliphatic rings. The van der Waals surface area contributed by atoms with Crippen molar-refractivity contribution in [2.75, 3.05) is 17.3 Å². The first-order chi connectivity index (χ1) is 10.1. The molecule has 21 heavy (non-hydrogen) atoms. The van der Waals surface area contributed by atoms with Crippen molar-refractivity contribution in [1.29, 1.82) is 0 Å². The van der Waals surface area contributed by atoms with Crippen LogP contribution in [0.2, 0.25) is 5.02 Å². The van der Waals surface area contributed by atoms with Crippen molar-refractivity contribution in [3.05, 3.63) is 40.7 Å². The van der Waals surface area contributed by atoms with Crippen molar-refractivity contribution >= 4 is 28.9 Å². The SMILES string of the molecule is CCOCc1nc(NN)cc(Nc2cc(C)ccc2Cl)n1. The number of nitrogens with two attached hydrogens (primary N) is 1. The predicted molar refractivity (Wildman–Crippen MR) is 84.6 cm³/mol. The number of nitrogens with one attached hydrogen (secondary N) is 2. The van der Waals surface area contributed by atoms with Crippen molar-refractivity contribution in [2.45, 2.75) is 20.5 Å². The standard InChI is InChI=1S/C14H18ClN5O/c1-3-21-8-14-18-12(7-13(19-14)20-16)17-11-6-9(2)4-5-10(11)15/h4-7H,3,8,16H2,1-2H3,(H2,17,18,19,20). The van der Waals surface area contributed by atoms with E-state index >= 15 is 0 Å². The number of hydrazine groups is 1. The minimum absolute atomic E-state index is 0.322. The van der Waals surface area contributed by atoms with E-state index < -0.39 is 0 Å². The van der Waals surface area contributed by atoms with Crippen molar-refractivity contribution in [3.63, 3.8) is 0 Å². The van der Waals surface area contributed by atoms with Crippen molar-refractivity contribution in [2.24, 2.45) is 5.84 Å². The number of rotatable bonds is 6. The molecule has 1 heterocycles. The molecule has 0 unspecified atom stereocenters. The fourth-order valence-electron chi connectivity index (χ4n) is 1.77. The van der Waals surface area contributed by atoms with Gasteiger partial charge in [0.15, 0.2) is 5.82 Å². The van der Waals surface area contributed by atoms with E-state index in [1.807, 2.05) is 32.0 Å². The molecule has 0 fully saturated rings. The number of halogens is 1. The number of nitrogens with zero attached hydrogens (tertiary/aromatic N) is 2. The van der Waals surface area contributed by atoms with Crippen LogP contribution in [0.3, 0.4) is 0 Å². The van der Waals surface area contributed by atoms with E-state index in [2.05, 4.69) is 20.7 Å². The van der Waals surface area contributed by atoms with E-state index in [0.29, 0.717) is 35.7 Å². The van der Waals surface area contributed by atoms with Crippen molar-refractivity contribution < 1.29 is 4.74 Å². The minimum Gasteiger partial charge on any atom is -0.374 e. The number of benzene rings is 1. The van der Waals surface area contributed by atoms with Crippen molar-refractivity contribution in [3.8, 4) is 0 Å². The highest BCUT2D eigenvalue weighted by Gasteiger charge is 2.07. The van der Waals surface area contributed by atoms with Gasteiger partial charge < -0.3 is 15.5 Å². The van der Waals surface area contributed by atoms with Crippen LogP contribution in [-0.2, 0) is 11.3 Å². The van der Waals surface area contributed by atoms with Crippen LogP contribution in [0.5, 0.6) is 0 Å². The largest absolute Gasteiger partial charge is 0.374 e. The molecule has 0 aliphatic heterocycles. The van der Waals surface area contributed by atoms with E-state index in [9.17, 15) is 0 Å². The molecule has 0 spiro atoms. The second-order valence-electron chi connectivity index (χ2n) is 4.44. The molecule has 7 heteroatoms. The molecule has 4 N–H and O–H groups in total. The molecule has 0 aliphatic carbocycles.